The van der Waals surface area contributed by atoms with E-state index in [1.807, 2.05) is 0 Å². The molecule has 0 aliphatic carbocycles. The molecule has 1 heterocycles. The highest BCUT2D eigenvalue weighted by Gasteiger charge is 2.48. The number of para-hydroxylation sites is 1. The Kier molecular flexibility index (Phi) is 7.81. The van der Waals surface area contributed by atoms with Gasteiger partial charge in [0, 0.05) is 0 Å². The molecule has 3 rings (SSSR count). The van der Waals surface area contributed by atoms with E-state index < -0.39 is 42.3 Å². The number of rotatable bonds is 6. The van der Waals surface area contributed by atoms with Gasteiger partial charge >= 0.3 is 5.97 Å². The molecular weight excluding hydrogens is 538 g/mol. The SMILES string of the molecule is CC(C)[C@@H](C(=O)OCC(=O)Nc1ccccc1Cl)N1C(=O)c2c(Cl)c(Cl)c(Cl)c(Cl)c2C1=O. The molecule has 7 nitrogen and oxygen atoms in total. The van der Waals surface area contributed by atoms with Crippen LogP contribution in [0.1, 0.15) is 34.6 Å². The minimum absolute atomic E-state index is 0.190. The number of benzene rings is 2. The van der Waals surface area contributed by atoms with E-state index in [9.17, 15) is 19.2 Å². The summed E-state index contributed by atoms with van der Waals surface area (Å²) < 4.78 is 5.10. The van der Waals surface area contributed by atoms with Crippen molar-refractivity contribution in [3.05, 3.63) is 60.5 Å². The number of carbonyl (C=O) groups is 4. The van der Waals surface area contributed by atoms with E-state index in [0.29, 0.717) is 15.6 Å². The maximum Gasteiger partial charge on any atom is 0.330 e. The first-order valence-corrected chi connectivity index (χ1v) is 11.3. The first kappa shape index (κ1) is 25.6. The van der Waals surface area contributed by atoms with E-state index in [1.54, 1.807) is 38.1 Å². The lowest BCUT2D eigenvalue weighted by molar-refractivity contribution is -0.152. The molecule has 33 heavy (non-hydrogen) atoms. The number of imide groups is 1. The average Bonchev–Trinajstić information content (AvgIpc) is 3.01. The third-order valence-electron chi connectivity index (χ3n) is 4.78. The highest BCUT2D eigenvalue weighted by Crippen LogP contribution is 2.45. The van der Waals surface area contributed by atoms with E-state index in [4.69, 9.17) is 62.7 Å². The van der Waals surface area contributed by atoms with Crippen LogP contribution in [0.3, 0.4) is 0 Å². The van der Waals surface area contributed by atoms with Gasteiger partial charge in [-0.2, -0.15) is 0 Å². The first-order chi connectivity index (χ1) is 15.5. The third kappa shape index (κ3) is 4.79. The summed E-state index contributed by atoms with van der Waals surface area (Å²) in [4.78, 5) is 51.9. The van der Waals surface area contributed by atoms with E-state index in [0.717, 1.165) is 0 Å². The van der Waals surface area contributed by atoms with Crippen LogP contribution >= 0.6 is 58.0 Å². The van der Waals surface area contributed by atoms with Gasteiger partial charge in [-0.3, -0.25) is 19.3 Å². The molecule has 174 valence electrons. The fourth-order valence-electron chi connectivity index (χ4n) is 3.27. The second kappa shape index (κ2) is 10.1. The van der Waals surface area contributed by atoms with Gasteiger partial charge < -0.3 is 10.1 Å². The number of ether oxygens (including phenoxy) is 1. The van der Waals surface area contributed by atoms with Crippen LogP contribution in [0.4, 0.5) is 5.69 Å². The lowest BCUT2D eigenvalue weighted by Crippen LogP contribution is -2.49. The number of carbonyl (C=O) groups excluding carboxylic acids is 4. The molecule has 12 heteroatoms. The maximum atomic E-state index is 13.1. The van der Waals surface area contributed by atoms with Gasteiger partial charge in [0.15, 0.2) is 6.61 Å². The molecule has 0 aromatic heterocycles. The Balaban J connectivity index is 1.82. The third-order valence-corrected chi connectivity index (χ3v) is 6.91. The Morgan fingerprint density at radius 3 is 1.91 bits per heavy atom. The molecule has 1 aliphatic rings. The molecule has 2 aromatic carbocycles. The van der Waals surface area contributed by atoms with Crippen LogP contribution in [0.5, 0.6) is 0 Å². The van der Waals surface area contributed by atoms with Gasteiger partial charge in [-0.25, -0.2) is 4.79 Å². The van der Waals surface area contributed by atoms with Gasteiger partial charge in [0.1, 0.15) is 6.04 Å². The zero-order chi connectivity index (χ0) is 24.6. The van der Waals surface area contributed by atoms with Crippen molar-refractivity contribution in [1.29, 1.82) is 0 Å². The Labute approximate surface area is 213 Å². The predicted octanol–water partition coefficient (Wildman–Crippen LogP) is 5.76. The number of nitrogens with zero attached hydrogens (tertiary/aromatic N) is 1. The molecule has 0 unspecified atom stereocenters. The van der Waals surface area contributed by atoms with Crippen LogP contribution in [0.15, 0.2) is 24.3 Å². The molecule has 0 saturated carbocycles. The molecule has 1 aliphatic heterocycles. The molecule has 1 atom stereocenters. The lowest BCUT2D eigenvalue weighted by atomic mass is 10.0. The molecule has 3 amide bonds. The van der Waals surface area contributed by atoms with Crippen molar-refractivity contribution in [3.63, 3.8) is 0 Å². The van der Waals surface area contributed by atoms with Gasteiger partial charge in [0.05, 0.1) is 41.9 Å². The van der Waals surface area contributed by atoms with Gasteiger partial charge in [0.2, 0.25) is 0 Å². The minimum atomic E-state index is -1.37. The molecular formula is C21H15Cl5N2O5. The largest absolute Gasteiger partial charge is 0.454 e. The van der Waals surface area contributed by atoms with Gasteiger partial charge in [-0.05, 0) is 18.1 Å². The van der Waals surface area contributed by atoms with Crippen LogP contribution in [0.25, 0.3) is 0 Å². The van der Waals surface area contributed by atoms with Crippen molar-refractivity contribution < 1.29 is 23.9 Å². The summed E-state index contributed by atoms with van der Waals surface area (Å²) in [5.74, 6) is -3.97. The summed E-state index contributed by atoms with van der Waals surface area (Å²) >= 11 is 30.3. The predicted molar refractivity (Wildman–Crippen MR) is 127 cm³/mol. The maximum absolute atomic E-state index is 13.1. The molecule has 0 saturated heterocycles. The number of hydrogen-bond acceptors (Lipinski definition) is 5. The second-order valence-corrected chi connectivity index (χ2v) is 9.23. The van der Waals surface area contributed by atoms with Gasteiger partial charge in [-0.15, -0.1) is 0 Å². The van der Waals surface area contributed by atoms with E-state index in [1.165, 1.54) is 0 Å². The van der Waals surface area contributed by atoms with Crippen molar-refractivity contribution >= 4 is 87.4 Å². The number of esters is 1. The molecule has 1 N–H and O–H groups in total. The fourth-order valence-corrected chi connectivity index (χ4v) is 4.46. The normalized spacial score (nSPS) is 13.9. The monoisotopic (exact) mass is 550 g/mol. The number of halogens is 5. The van der Waals surface area contributed by atoms with Crippen LogP contribution in [0, 0.1) is 5.92 Å². The standard InChI is InChI=1S/C21H15Cl5N2O5/c1-8(2)18(21(32)33-7-11(29)27-10-6-4-3-5-9(10)22)28-19(30)12-13(20(28)31)15(24)17(26)16(25)14(12)23/h3-6,8,18H,7H2,1-2H3,(H,27,29)/t18-/m0/s1. The van der Waals surface area contributed by atoms with Crippen molar-refractivity contribution in [1.82, 2.24) is 4.90 Å². The van der Waals surface area contributed by atoms with E-state index in [-0.39, 0.29) is 31.2 Å². The molecule has 0 spiro atoms. The number of anilines is 1. The van der Waals surface area contributed by atoms with Crippen molar-refractivity contribution in [2.24, 2.45) is 5.92 Å². The van der Waals surface area contributed by atoms with E-state index >= 15 is 0 Å². The Hall–Kier alpha value is -2.03. The average molecular weight is 553 g/mol. The summed E-state index contributed by atoms with van der Waals surface area (Å²) in [5.41, 5.74) is -0.175. The van der Waals surface area contributed by atoms with Crippen LogP contribution < -0.4 is 5.32 Å². The molecule has 2 aromatic rings. The number of hydrogen-bond donors (Lipinski definition) is 1. The second-order valence-electron chi connectivity index (χ2n) is 7.31. The summed E-state index contributed by atoms with van der Waals surface area (Å²) in [7, 11) is 0. The van der Waals surface area contributed by atoms with Crippen LogP contribution in [-0.2, 0) is 14.3 Å². The smallest absolute Gasteiger partial charge is 0.330 e. The van der Waals surface area contributed by atoms with Crippen molar-refractivity contribution in [2.75, 3.05) is 11.9 Å². The lowest BCUT2D eigenvalue weighted by Gasteiger charge is -2.27. The zero-order valence-corrected chi connectivity index (χ0v) is 20.8. The number of amides is 3. The number of nitrogens with one attached hydrogen (secondary N) is 1. The van der Waals surface area contributed by atoms with Crippen LogP contribution in [-0.4, -0.2) is 41.2 Å². The highest BCUT2D eigenvalue weighted by molar-refractivity contribution is 6.55. The minimum Gasteiger partial charge on any atom is -0.454 e. The quantitative estimate of drug-likeness (QED) is 0.213. The summed E-state index contributed by atoms with van der Waals surface area (Å²) in [6.45, 7) is 2.53. The zero-order valence-electron chi connectivity index (χ0n) is 17.0. The Morgan fingerprint density at radius 2 is 1.42 bits per heavy atom. The van der Waals surface area contributed by atoms with Gasteiger partial charge in [0.25, 0.3) is 17.7 Å². The first-order valence-electron chi connectivity index (χ1n) is 9.42. The fraction of sp³-hybridized carbons (Fsp3) is 0.238. The Bertz CT molecular complexity index is 1140. The van der Waals surface area contributed by atoms with E-state index in [2.05, 4.69) is 5.32 Å². The summed E-state index contributed by atoms with van der Waals surface area (Å²) in [6, 6.07) is 5.14. The summed E-state index contributed by atoms with van der Waals surface area (Å²) in [5, 5.41) is 1.92. The molecule has 0 radical (unpaired) electrons. The summed E-state index contributed by atoms with van der Waals surface area (Å²) in [6.07, 6.45) is 0. The Morgan fingerprint density at radius 1 is 0.909 bits per heavy atom. The number of fused-ring (bicyclic) bond motifs is 1. The molecule has 0 bridgehead atoms. The van der Waals surface area contributed by atoms with Crippen molar-refractivity contribution in [2.45, 2.75) is 19.9 Å². The highest BCUT2D eigenvalue weighted by atomic mass is 35.5. The van der Waals surface area contributed by atoms with Gasteiger partial charge in [-0.1, -0.05) is 84.0 Å². The topological polar surface area (TPSA) is 92.8 Å². The molecule has 0 fully saturated rings. The van der Waals surface area contributed by atoms with Crippen molar-refractivity contribution in [3.8, 4) is 0 Å². The van der Waals surface area contributed by atoms with Crippen LogP contribution in [0.2, 0.25) is 25.1 Å².